The Morgan fingerprint density at radius 1 is 0.969 bits per heavy atom. The molecule has 0 unspecified atom stereocenters. The van der Waals surface area contributed by atoms with E-state index in [1.54, 1.807) is 24.3 Å². The summed E-state index contributed by atoms with van der Waals surface area (Å²) in [5.41, 5.74) is 1.98. The lowest BCUT2D eigenvalue weighted by Crippen LogP contribution is -2.41. The van der Waals surface area contributed by atoms with Crippen molar-refractivity contribution in [3.05, 3.63) is 95.3 Å². The van der Waals surface area contributed by atoms with Gasteiger partial charge in [-0.1, -0.05) is 48.0 Å². The molecule has 0 aliphatic heterocycles. The van der Waals surface area contributed by atoms with Gasteiger partial charge in [0, 0.05) is 29.5 Å². The van der Waals surface area contributed by atoms with E-state index in [-0.39, 0.29) is 25.6 Å². The highest BCUT2D eigenvalue weighted by molar-refractivity contribution is 6.30. The van der Waals surface area contributed by atoms with E-state index in [1.807, 2.05) is 30.3 Å². The fourth-order valence-corrected chi connectivity index (χ4v) is 3.11. The number of nitrogens with zero attached hydrogens (tertiary/aromatic N) is 1. The van der Waals surface area contributed by atoms with Gasteiger partial charge in [0.2, 0.25) is 5.91 Å². The van der Waals surface area contributed by atoms with E-state index in [0.29, 0.717) is 23.0 Å². The van der Waals surface area contributed by atoms with Gasteiger partial charge in [-0.3, -0.25) is 9.69 Å². The molecule has 3 aromatic rings. The van der Waals surface area contributed by atoms with Crippen molar-refractivity contribution < 1.29 is 18.7 Å². The number of halogens is 2. The third kappa shape index (κ3) is 7.37. The number of nitrogens with one attached hydrogen (secondary N) is 2. The van der Waals surface area contributed by atoms with Crippen molar-refractivity contribution in [1.82, 2.24) is 5.32 Å². The SMILES string of the molecule is O=C(COCc1ccccc1)NCCN(C(=O)Nc1cccc(Cl)c1)c1ccc(F)cc1. The highest BCUT2D eigenvalue weighted by atomic mass is 35.5. The Hall–Kier alpha value is -3.42. The van der Waals surface area contributed by atoms with Crippen molar-refractivity contribution in [3.63, 3.8) is 0 Å². The second kappa shape index (κ2) is 11.8. The zero-order valence-electron chi connectivity index (χ0n) is 17.3. The number of carbonyl (C=O) groups excluding carboxylic acids is 2. The molecule has 0 aliphatic carbocycles. The van der Waals surface area contributed by atoms with Crippen molar-refractivity contribution >= 4 is 34.9 Å². The Labute approximate surface area is 191 Å². The topological polar surface area (TPSA) is 70.7 Å². The molecule has 6 nitrogen and oxygen atoms in total. The number of rotatable bonds is 9. The molecule has 32 heavy (non-hydrogen) atoms. The summed E-state index contributed by atoms with van der Waals surface area (Å²) in [4.78, 5) is 26.3. The fraction of sp³-hybridized carbons (Fsp3) is 0.167. The maximum absolute atomic E-state index is 13.3. The van der Waals surface area contributed by atoms with Crippen LogP contribution in [0.1, 0.15) is 5.56 Å². The van der Waals surface area contributed by atoms with E-state index in [4.69, 9.17) is 16.3 Å². The molecule has 3 amide bonds. The first-order chi connectivity index (χ1) is 15.5. The minimum absolute atomic E-state index is 0.0971. The Kier molecular flexibility index (Phi) is 8.60. The summed E-state index contributed by atoms with van der Waals surface area (Å²) in [6, 6.07) is 21.4. The van der Waals surface area contributed by atoms with Gasteiger partial charge in [0.25, 0.3) is 0 Å². The van der Waals surface area contributed by atoms with Crippen molar-refractivity contribution in [2.75, 3.05) is 29.9 Å². The van der Waals surface area contributed by atoms with Crippen LogP contribution in [0.2, 0.25) is 5.02 Å². The molecule has 0 aliphatic rings. The van der Waals surface area contributed by atoms with Crippen LogP contribution in [0.15, 0.2) is 78.9 Å². The molecular weight excluding hydrogens is 433 g/mol. The van der Waals surface area contributed by atoms with Crippen LogP contribution in [0.3, 0.4) is 0 Å². The van der Waals surface area contributed by atoms with Gasteiger partial charge in [-0.05, 0) is 48.0 Å². The molecule has 0 radical (unpaired) electrons. The third-order valence-electron chi connectivity index (χ3n) is 4.46. The van der Waals surface area contributed by atoms with E-state index in [1.165, 1.54) is 29.2 Å². The molecule has 3 rings (SSSR count). The summed E-state index contributed by atoms with van der Waals surface area (Å²) in [6.45, 7) is 0.592. The molecule has 3 aromatic carbocycles. The van der Waals surface area contributed by atoms with Gasteiger partial charge < -0.3 is 15.4 Å². The molecular formula is C24H23ClFN3O3. The maximum Gasteiger partial charge on any atom is 0.326 e. The van der Waals surface area contributed by atoms with Gasteiger partial charge in [0.05, 0.1) is 6.61 Å². The van der Waals surface area contributed by atoms with Crippen LogP contribution in [0.5, 0.6) is 0 Å². The molecule has 0 saturated carbocycles. The zero-order chi connectivity index (χ0) is 22.8. The normalized spacial score (nSPS) is 10.4. The third-order valence-corrected chi connectivity index (χ3v) is 4.70. The van der Waals surface area contributed by atoms with Crippen molar-refractivity contribution in [2.24, 2.45) is 0 Å². The zero-order valence-corrected chi connectivity index (χ0v) is 18.0. The molecule has 0 saturated heterocycles. The summed E-state index contributed by atoms with van der Waals surface area (Å²) in [6.07, 6.45) is 0. The largest absolute Gasteiger partial charge is 0.367 e. The first-order valence-corrected chi connectivity index (χ1v) is 10.4. The van der Waals surface area contributed by atoms with Gasteiger partial charge in [-0.2, -0.15) is 0 Å². The number of urea groups is 1. The number of hydrogen-bond donors (Lipinski definition) is 2. The Balaban J connectivity index is 1.54. The van der Waals surface area contributed by atoms with Crippen LogP contribution in [0.4, 0.5) is 20.6 Å². The number of amides is 3. The molecule has 0 bridgehead atoms. The average Bonchev–Trinajstić information content (AvgIpc) is 2.78. The van der Waals surface area contributed by atoms with E-state index in [9.17, 15) is 14.0 Å². The number of anilines is 2. The summed E-state index contributed by atoms with van der Waals surface area (Å²) >= 11 is 5.98. The number of hydrogen-bond acceptors (Lipinski definition) is 3. The number of ether oxygens (including phenoxy) is 1. The molecule has 0 atom stereocenters. The first kappa shape index (κ1) is 23.2. The summed E-state index contributed by atoms with van der Waals surface area (Å²) in [5.74, 6) is -0.706. The second-order valence-electron chi connectivity index (χ2n) is 6.90. The lowest BCUT2D eigenvalue weighted by Gasteiger charge is -2.23. The van der Waals surface area contributed by atoms with Crippen LogP contribution >= 0.6 is 11.6 Å². The Bertz CT molecular complexity index is 1030. The highest BCUT2D eigenvalue weighted by Gasteiger charge is 2.16. The summed E-state index contributed by atoms with van der Waals surface area (Å²) < 4.78 is 18.8. The summed E-state index contributed by atoms with van der Waals surface area (Å²) in [5, 5.41) is 5.97. The molecule has 2 N–H and O–H groups in total. The maximum atomic E-state index is 13.3. The van der Waals surface area contributed by atoms with Crippen LogP contribution in [0, 0.1) is 5.82 Å². The smallest absolute Gasteiger partial charge is 0.326 e. The molecule has 166 valence electrons. The Morgan fingerprint density at radius 2 is 1.72 bits per heavy atom. The quantitative estimate of drug-likeness (QED) is 0.484. The molecule has 0 spiro atoms. The first-order valence-electron chi connectivity index (χ1n) is 9.99. The second-order valence-corrected chi connectivity index (χ2v) is 7.33. The van der Waals surface area contributed by atoms with E-state index in [0.717, 1.165) is 5.56 Å². The molecule has 0 aromatic heterocycles. The minimum Gasteiger partial charge on any atom is -0.367 e. The summed E-state index contributed by atoms with van der Waals surface area (Å²) in [7, 11) is 0. The van der Waals surface area contributed by atoms with Crippen molar-refractivity contribution in [2.45, 2.75) is 6.61 Å². The van der Waals surface area contributed by atoms with Crippen molar-refractivity contribution in [3.8, 4) is 0 Å². The van der Waals surface area contributed by atoms with Crippen LogP contribution in [0.25, 0.3) is 0 Å². The van der Waals surface area contributed by atoms with E-state index in [2.05, 4.69) is 10.6 Å². The predicted molar refractivity (Wildman–Crippen MR) is 123 cm³/mol. The van der Waals surface area contributed by atoms with Gasteiger partial charge in [-0.15, -0.1) is 0 Å². The van der Waals surface area contributed by atoms with Crippen LogP contribution in [-0.2, 0) is 16.1 Å². The van der Waals surface area contributed by atoms with Gasteiger partial charge in [0.1, 0.15) is 12.4 Å². The van der Waals surface area contributed by atoms with Crippen LogP contribution in [-0.4, -0.2) is 31.6 Å². The van der Waals surface area contributed by atoms with Gasteiger partial charge in [0.15, 0.2) is 0 Å². The van der Waals surface area contributed by atoms with Gasteiger partial charge in [-0.25, -0.2) is 9.18 Å². The van der Waals surface area contributed by atoms with E-state index < -0.39 is 11.8 Å². The standard InChI is InChI=1S/C24H23ClFN3O3/c25-19-7-4-8-21(15-19)28-24(31)29(22-11-9-20(26)10-12-22)14-13-27-23(30)17-32-16-18-5-2-1-3-6-18/h1-12,15H,13-14,16-17H2,(H,27,30)(H,28,31). The predicted octanol–water partition coefficient (Wildman–Crippen LogP) is 4.85. The number of benzene rings is 3. The van der Waals surface area contributed by atoms with Gasteiger partial charge >= 0.3 is 6.03 Å². The highest BCUT2D eigenvalue weighted by Crippen LogP contribution is 2.19. The van der Waals surface area contributed by atoms with Crippen molar-refractivity contribution in [1.29, 1.82) is 0 Å². The van der Waals surface area contributed by atoms with Crippen LogP contribution < -0.4 is 15.5 Å². The minimum atomic E-state index is -0.437. The number of carbonyl (C=O) groups is 2. The lowest BCUT2D eigenvalue weighted by atomic mass is 10.2. The average molecular weight is 456 g/mol. The lowest BCUT2D eigenvalue weighted by molar-refractivity contribution is -0.126. The fourth-order valence-electron chi connectivity index (χ4n) is 2.92. The Morgan fingerprint density at radius 3 is 2.44 bits per heavy atom. The van der Waals surface area contributed by atoms with E-state index >= 15 is 0 Å². The molecule has 0 heterocycles. The molecule has 0 fully saturated rings. The monoisotopic (exact) mass is 455 g/mol. The molecule has 8 heteroatoms.